The minimum absolute atomic E-state index is 0.105. The number of carbonyl (C=O) groups excluding carboxylic acids is 1. The van der Waals surface area contributed by atoms with Crippen LogP contribution in [-0.2, 0) is 11.3 Å². The Hall–Kier alpha value is -3.53. The fourth-order valence-electron chi connectivity index (χ4n) is 5.05. The van der Waals surface area contributed by atoms with Gasteiger partial charge in [-0.2, -0.15) is 0 Å². The van der Waals surface area contributed by atoms with Crippen molar-refractivity contribution in [2.45, 2.75) is 38.0 Å². The Bertz CT molecular complexity index is 1300. The molecule has 0 radical (unpaired) electrons. The van der Waals surface area contributed by atoms with Gasteiger partial charge >= 0.3 is 6.09 Å². The van der Waals surface area contributed by atoms with Crippen molar-refractivity contribution in [1.82, 2.24) is 4.90 Å². The molecule has 2 aliphatic heterocycles. The SMILES string of the molecule is O=C(OCc1ccccc1)N1C2C=C(c3ccc4oc5ccccc5c4c3)CC1CC2. The molecule has 1 fully saturated rings. The highest BCUT2D eigenvalue weighted by atomic mass is 16.6. The van der Waals surface area contributed by atoms with Gasteiger partial charge < -0.3 is 9.15 Å². The summed E-state index contributed by atoms with van der Waals surface area (Å²) in [5.41, 5.74) is 5.37. The summed E-state index contributed by atoms with van der Waals surface area (Å²) in [6, 6.07) is 24.7. The standard InChI is InChI=1S/C27H23NO3/c29-27(30-17-18-6-2-1-3-7-18)28-21-11-12-22(28)15-20(14-21)19-10-13-26-24(16-19)23-8-4-5-9-25(23)31-26/h1-10,13-14,16,21-22H,11-12,15,17H2. The maximum atomic E-state index is 12.8. The van der Waals surface area contributed by atoms with Gasteiger partial charge in [-0.05, 0) is 54.2 Å². The molecule has 0 N–H and O–H groups in total. The monoisotopic (exact) mass is 409 g/mol. The minimum Gasteiger partial charge on any atom is -0.456 e. The van der Waals surface area contributed by atoms with Crippen molar-refractivity contribution in [2.24, 2.45) is 0 Å². The number of fused-ring (bicyclic) bond motifs is 5. The van der Waals surface area contributed by atoms with Crippen LogP contribution in [0.5, 0.6) is 0 Å². The first-order valence-corrected chi connectivity index (χ1v) is 10.9. The molecule has 0 spiro atoms. The van der Waals surface area contributed by atoms with Crippen LogP contribution in [0.15, 0.2) is 83.3 Å². The molecule has 0 aliphatic carbocycles. The van der Waals surface area contributed by atoms with Gasteiger partial charge in [0.2, 0.25) is 0 Å². The average Bonchev–Trinajstić information content (AvgIpc) is 3.31. The number of amides is 1. The van der Waals surface area contributed by atoms with Gasteiger partial charge in [0.25, 0.3) is 0 Å². The smallest absolute Gasteiger partial charge is 0.410 e. The van der Waals surface area contributed by atoms with E-state index in [0.717, 1.165) is 46.8 Å². The van der Waals surface area contributed by atoms with E-state index in [0.29, 0.717) is 6.61 Å². The molecule has 4 nitrogen and oxygen atoms in total. The Morgan fingerprint density at radius 2 is 1.74 bits per heavy atom. The second-order valence-electron chi connectivity index (χ2n) is 8.45. The number of hydrogen-bond acceptors (Lipinski definition) is 3. The third kappa shape index (κ3) is 3.19. The molecule has 31 heavy (non-hydrogen) atoms. The van der Waals surface area contributed by atoms with Crippen LogP contribution in [0.1, 0.15) is 30.4 Å². The van der Waals surface area contributed by atoms with Crippen molar-refractivity contribution < 1.29 is 13.9 Å². The lowest BCUT2D eigenvalue weighted by molar-refractivity contribution is 0.0832. The van der Waals surface area contributed by atoms with E-state index in [4.69, 9.17) is 9.15 Å². The van der Waals surface area contributed by atoms with Crippen molar-refractivity contribution >= 4 is 33.6 Å². The van der Waals surface area contributed by atoms with E-state index in [2.05, 4.69) is 30.3 Å². The van der Waals surface area contributed by atoms with Crippen molar-refractivity contribution in [2.75, 3.05) is 0 Å². The summed E-state index contributed by atoms with van der Waals surface area (Å²) < 4.78 is 11.6. The van der Waals surface area contributed by atoms with E-state index in [1.807, 2.05) is 53.4 Å². The lowest BCUT2D eigenvalue weighted by Gasteiger charge is -2.33. The third-order valence-electron chi connectivity index (χ3n) is 6.56. The summed E-state index contributed by atoms with van der Waals surface area (Å²) in [7, 11) is 0. The van der Waals surface area contributed by atoms with Gasteiger partial charge in [-0.1, -0.05) is 60.7 Å². The van der Waals surface area contributed by atoms with Crippen molar-refractivity contribution in [3.8, 4) is 0 Å². The Balaban J connectivity index is 1.25. The first-order valence-electron chi connectivity index (χ1n) is 10.9. The van der Waals surface area contributed by atoms with E-state index in [9.17, 15) is 4.79 Å². The summed E-state index contributed by atoms with van der Waals surface area (Å²) in [6.07, 6.45) is 4.92. The van der Waals surface area contributed by atoms with Gasteiger partial charge in [-0.3, -0.25) is 4.90 Å². The number of hydrogen-bond donors (Lipinski definition) is 0. The fraction of sp³-hybridized carbons (Fsp3) is 0.222. The molecular weight excluding hydrogens is 386 g/mol. The molecule has 1 amide bonds. The molecule has 4 aromatic rings. The second-order valence-corrected chi connectivity index (χ2v) is 8.45. The van der Waals surface area contributed by atoms with Gasteiger partial charge in [-0.15, -0.1) is 0 Å². The maximum absolute atomic E-state index is 12.8. The van der Waals surface area contributed by atoms with E-state index >= 15 is 0 Å². The van der Waals surface area contributed by atoms with Crippen molar-refractivity contribution in [3.63, 3.8) is 0 Å². The number of carbonyl (C=O) groups is 1. The Labute approximate surface area is 180 Å². The molecule has 1 aromatic heterocycles. The number of ether oxygens (including phenoxy) is 1. The zero-order chi connectivity index (χ0) is 20.8. The van der Waals surface area contributed by atoms with Crippen LogP contribution >= 0.6 is 0 Å². The summed E-state index contributed by atoms with van der Waals surface area (Å²) in [5.74, 6) is 0. The summed E-state index contributed by atoms with van der Waals surface area (Å²) in [6.45, 7) is 0.316. The van der Waals surface area contributed by atoms with Crippen LogP contribution in [0.2, 0.25) is 0 Å². The third-order valence-corrected chi connectivity index (χ3v) is 6.56. The summed E-state index contributed by atoms with van der Waals surface area (Å²) in [4.78, 5) is 14.8. The molecule has 6 rings (SSSR count). The molecule has 3 aromatic carbocycles. The van der Waals surface area contributed by atoms with Crippen LogP contribution in [0.4, 0.5) is 4.79 Å². The van der Waals surface area contributed by atoms with Crippen LogP contribution < -0.4 is 0 Å². The van der Waals surface area contributed by atoms with E-state index in [1.54, 1.807) is 0 Å². The fourth-order valence-corrected chi connectivity index (χ4v) is 5.05. The topological polar surface area (TPSA) is 42.7 Å². The highest BCUT2D eigenvalue weighted by molar-refractivity contribution is 6.05. The van der Waals surface area contributed by atoms with Crippen LogP contribution in [0.3, 0.4) is 0 Å². The normalized spacial score (nSPS) is 20.3. The van der Waals surface area contributed by atoms with Crippen LogP contribution in [-0.4, -0.2) is 23.1 Å². The molecule has 2 aliphatic rings. The molecule has 0 saturated carbocycles. The average molecular weight is 409 g/mol. The first kappa shape index (κ1) is 18.3. The van der Waals surface area contributed by atoms with Gasteiger partial charge in [0.15, 0.2) is 0 Å². The zero-order valence-electron chi connectivity index (χ0n) is 17.2. The second kappa shape index (κ2) is 7.31. The molecular formula is C27H23NO3. The molecule has 154 valence electrons. The number of furan rings is 1. The molecule has 3 heterocycles. The molecule has 2 bridgehead atoms. The largest absolute Gasteiger partial charge is 0.456 e. The van der Waals surface area contributed by atoms with E-state index in [-0.39, 0.29) is 18.2 Å². The van der Waals surface area contributed by atoms with Crippen molar-refractivity contribution in [1.29, 1.82) is 0 Å². The quantitative estimate of drug-likeness (QED) is 0.386. The first-order chi connectivity index (χ1) is 15.3. The van der Waals surface area contributed by atoms with Gasteiger partial charge in [0.1, 0.15) is 17.8 Å². The number of para-hydroxylation sites is 1. The number of rotatable bonds is 3. The Morgan fingerprint density at radius 1 is 0.935 bits per heavy atom. The number of nitrogens with zero attached hydrogens (tertiary/aromatic N) is 1. The minimum atomic E-state index is -0.206. The van der Waals surface area contributed by atoms with Gasteiger partial charge in [-0.25, -0.2) is 4.79 Å². The predicted octanol–water partition coefficient (Wildman–Crippen LogP) is 6.54. The molecule has 1 saturated heterocycles. The van der Waals surface area contributed by atoms with Crippen LogP contribution in [0.25, 0.3) is 27.5 Å². The van der Waals surface area contributed by atoms with Crippen LogP contribution in [0, 0.1) is 0 Å². The maximum Gasteiger partial charge on any atom is 0.410 e. The lowest BCUT2D eigenvalue weighted by Crippen LogP contribution is -2.43. The Morgan fingerprint density at radius 3 is 2.61 bits per heavy atom. The van der Waals surface area contributed by atoms with Crippen molar-refractivity contribution in [3.05, 3.63) is 90.0 Å². The van der Waals surface area contributed by atoms with Gasteiger partial charge in [0.05, 0.1) is 6.04 Å². The highest BCUT2D eigenvalue weighted by Crippen LogP contribution is 2.40. The highest BCUT2D eigenvalue weighted by Gasteiger charge is 2.40. The number of benzene rings is 3. The molecule has 2 atom stereocenters. The zero-order valence-corrected chi connectivity index (χ0v) is 17.2. The summed E-state index contributed by atoms with van der Waals surface area (Å²) >= 11 is 0. The molecule has 4 heteroatoms. The van der Waals surface area contributed by atoms with E-state index < -0.39 is 0 Å². The summed E-state index contributed by atoms with van der Waals surface area (Å²) in [5, 5.41) is 2.29. The lowest BCUT2D eigenvalue weighted by atomic mass is 9.94. The predicted molar refractivity (Wildman–Crippen MR) is 122 cm³/mol. The Kier molecular flexibility index (Phi) is 4.30. The van der Waals surface area contributed by atoms with E-state index in [1.165, 1.54) is 11.1 Å². The van der Waals surface area contributed by atoms with Gasteiger partial charge in [0, 0.05) is 16.8 Å². The molecule has 2 unspecified atom stereocenters.